The van der Waals surface area contributed by atoms with E-state index >= 15 is 0 Å². The minimum atomic E-state index is -0.217. The van der Waals surface area contributed by atoms with Crippen LogP contribution in [0.4, 0.5) is 10.1 Å². The van der Waals surface area contributed by atoms with Crippen LogP contribution >= 0.6 is 0 Å². The predicted molar refractivity (Wildman–Crippen MR) is 97.0 cm³/mol. The fourth-order valence-electron chi connectivity index (χ4n) is 2.93. The van der Waals surface area contributed by atoms with Crippen molar-refractivity contribution in [2.75, 3.05) is 11.4 Å². The topological polar surface area (TPSA) is 42.2 Å². The van der Waals surface area contributed by atoms with Crippen LogP contribution in [0, 0.1) is 12.7 Å². The van der Waals surface area contributed by atoms with Crippen molar-refractivity contribution in [2.45, 2.75) is 33.7 Å². The van der Waals surface area contributed by atoms with Crippen LogP contribution in [0.15, 0.2) is 47.0 Å². The van der Waals surface area contributed by atoms with E-state index in [1.807, 2.05) is 45.0 Å². The van der Waals surface area contributed by atoms with Crippen LogP contribution in [0.1, 0.15) is 30.9 Å². The summed E-state index contributed by atoms with van der Waals surface area (Å²) in [6, 6.07) is 10.5. The molecule has 130 valence electrons. The molecular formula is C20H22FN3O. The number of nitrogens with zero attached hydrogens (tertiary/aromatic N) is 3. The van der Waals surface area contributed by atoms with Crippen molar-refractivity contribution >= 4 is 5.69 Å². The number of rotatable bonds is 2. The van der Waals surface area contributed by atoms with E-state index in [-0.39, 0.29) is 5.82 Å². The first-order valence-corrected chi connectivity index (χ1v) is 8.62. The molecule has 0 aliphatic carbocycles. The molecule has 1 aliphatic heterocycles. The van der Waals surface area contributed by atoms with Gasteiger partial charge in [0, 0.05) is 24.8 Å². The molecule has 3 aromatic rings. The first-order chi connectivity index (χ1) is 12.2. The maximum Gasteiger partial charge on any atom is 0.245 e. The minimum absolute atomic E-state index is 0.217. The molecular weight excluding hydrogens is 317 g/mol. The summed E-state index contributed by atoms with van der Waals surface area (Å²) < 4.78 is 19.4. The van der Waals surface area contributed by atoms with E-state index in [0.717, 1.165) is 41.4 Å². The van der Waals surface area contributed by atoms with Gasteiger partial charge >= 0.3 is 0 Å². The Morgan fingerprint density at radius 2 is 2.00 bits per heavy atom. The van der Waals surface area contributed by atoms with Gasteiger partial charge in [-0.3, -0.25) is 4.98 Å². The highest BCUT2D eigenvalue weighted by Crippen LogP contribution is 2.29. The largest absolute Gasteiger partial charge is 0.439 e. The van der Waals surface area contributed by atoms with E-state index in [1.54, 1.807) is 12.3 Å². The lowest BCUT2D eigenvalue weighted by Gasteiger charge is -2.28. The third-order valence-electron chi connectivity index (χ3n) is 4.12. The molecule has 4 nitrogen and oxygen atoms in total. The molecule has 0 fully saturated rings. The Labute approximate surface area is 147 Å². The van der Waals surface area contributed by atoms with Crippen LogP contribution in [-0.4, -0.2) is 16.5 Å². The number of halogens is 1. The van der Waals surface area contributed by atoms with E-state index in [9.17, 15) is 4.39 Å². The number of aryl methyl sites for hydroxylation is 1. The monoisotopic (exact) mass is 339 g/mol. The number of aromatic nitrogens is 2. The van der Waals surface area contributed by atoms with Gasteiger partial charge in [-0.25, -0.2) is 9.37 Å². The molecule has 0 spiro atoms. The molecule has 2 aromatic heterocycles. The van der Waals surface area contributed by atoms with E-state index in [4.69, 9.17) is 4.42 Å². The highest BCUT2D eigenvalue weighted by atomic mass is 19.1. The summed E-state index contributed by atoms with van der Waals surface area (Å²) in [6.07, 6.45) is 2.48. The fourth-order valence-corrected chi connectivity index (χ4v) is 2.93. The SMILES string of the molecule is CC.Cc1ccc(F)cc1N1CCc2oc(-c3ccccn3)nc2C1. The number of benzene rings is 1. The molecule has 1 aromatic carbocycles. The molecule has 0 bridgehead atoms. The molecule has 0 amide bonds. The maximum atomic E-state index is 13.6. The third kappa shape index (κ3) is 3.55. The van der Waals surface area contributed by atoms with Gasteiger partial charge in [-0.2, -0.15) is 0 Å². The average molecular weight is 339 g/mol. The summed E-state index contributed by atoms with van der Waals surface area (Å²) in [5.41, 5.74) is 3.61. The fraction of sp³-hybridized carbons (Fsp3) is 0.300. The van der Waals surface area contributed by atoms with Gasteiger partial charge in [0.15, 0.2) is 0 Å². The summed E-state index contributed by atoms with van der Waals surface area (Å²) in [5, 5.41) is 0. The van der Waals surface area contributed by atoms with Gasteiger partial charge in [-0.15, -0.1) is 0 Å². The number of anilines is 1. The molecule has 3 heterocycles. The van der Waals surface area contributed by atoms with Crippen LogP contribution in [0.3, 0.4) is 0 Å². The number of fused-ring (bicyclic) bond motifs is 1. The van der Waals surface area contributed by atoms with Crippen LogP contribution in [0.5, 0.6) is 0 Å². The van der Waals surface area contributed by atoms with Crippen molar-refractivity contribution in [1.82, 2.24) is 9.97 Å². The Morgan fingerprint density at radius 1 is 1.16 bits per heavy atom. The molecule has 0 saturated heterocycles. The lowest BCUT2D eigenvalue weighted by molar-refractivity contribution is 0.497. The maximum absolute atomic E-state index is 13.6. The summed E-state index contributed by atoms with van der Waals surface area (Å²) in [7, 11) is 0. The molecule has 0 saturated carbocycles. The molecule has 5 heteroatoms. The zero-order valence-corrected chi connectivity index (χ0v) is 14.8. The molecule has 0 radical (unpaired) electrons. The van der Waals surface area contributed by atoms with E-state index < -0.39 is 0 Å². The van der Waals surface area contributed by atoms with E-state index in [2.05, 4.69) is 14.9 Å². The van der Waals surface area contributed by atoms with E-state index in [1.165, 1.54) is 6.07 Å². The summed E-state index contributed by atoms with van der Waals surface area (Å²) >= 11 is 0. The van der Waals surface area contributed by atoms with E-state index in [0.29, 0.717) is 12.4 Å². The Morgan fingerprint density at radius 3 is 2.76 bits per heavy atom. The Kier molecular flexibility index (Phi) is 5.12. The first-order valence-electron chi connectivity index (χ1n) is 8.62. The molecule has 0 atom stereocenters. The van der Waals surface area contributed by atoms with Gasteiger partial charge in [0.1, 0.15) is 23.0 Å². The Bertz CT molecular complexity index is 845. The first kappa shape index (κ1) is 17.1. The Balaban J connectivity index is 0.000000880. The minimum Gasteiger partial charge on any atom is -0.439 e. The van der Waals surface area contributed by atoms with Gasteiger partial charge in [0.25, 0.3) is 0 Å². The van der Waals surface area contributed by atoms with Crippen LogP contribution in [0.2, 0.25) is 0 Å². The lowest BCUT2D eigenvalue weighted by Crippen LogP contribution is -2.30. The molecule has 4 rings (SSSR count). The molecule has 0 N–H and O–H groups in total. The second kappa shape index (κ2) is 7.47. The number of pyridine rings is 1. The van der Waals surface area contributed by atoms with Gasteiger partial charge in [0.05, 0.1) is 6.54 Å². The average Bonchev–Trinajstić information content (AvgIpc) is 3.09. The van der Waals surface area contributed by atoms with Gasteiger partial charge in [-0.05, 0) is 36.8 Å². The van der Waals surface area contributed by atoms with Crippen molar-refractivity contribution in [3.8, 4) is 11.6 Å². The van der Waals surface area contributed by atoms with Crippen molar-refractivity contribution in [1.29, 1.82) is 0 Å². The lowest BCUT2D eigenvalue weighted by atomic mass is 10.1. The zero-order valence-electron chi connectivity index (χ0n) is 14.8. The van der Waals surface area contributed by atoms with Gasteiger partial charge in [0.2, 0.25) is 5.89 Å². The second-order valence-corrected chi connectivity index (χ2v) is 5.71. The Hall–Kier alpha value is -2.69. The number of oxazole rings is 1. The van der Waals surface area contributed by atoms with Crippen molar-refractivity contribution < 1.29 is 8.81 Å². The highest BCUT2D eigenvalue weighted by Gasteiger charge is 2.24. The standard InChI is InChI=1S/C18H16FN3O.C2H6/c1-12-5-6-13(19)10-16(12)22-9-7-17-15(11-22)21-18(23-17)14-4-2-3-8-20-14;1-2/h2-6,8,10H,7,9,11H2,1H3;1-2H3. The van der Waals surface area contributed by atoms with Crippen LogP contribution in [0.25, 0.3) is 11.6 Å². The molecule has 0 unspecified atom stereocenters. The third-order valence-corrected chi connectivity index (χ3v) is 4.12. The molecule has 25 heavy (non-hydrogen) atoms. The van der Waals surface area contributed by atoms with Gasteiger partial charge < -0.3 is 9.32 Å². The highest BCUT2D eigenvalue weighted by molar-refractivity contribution is 5.55. The van der Waals surface area contributed by atoms with Crippen LogP contribution in [-0.2, 0) is 13.0 Å². The second-order valence-electron chi connectivity index (χ2n) is 5.71. The zero-order chi connectivity index (χ0) is 17.8. The van der Waals surface area contributed by atoms with Crippen molar-refractivity contribution in [3.63, 3.8) is 0 Å². The quantitative estimate of drug-likeness (QED) is 0.674. The molecule has 1 aliphatic rings. The summed E-state index contributed by atoms with van der Waals surface area (Å²) in [5.74, 6) is 1.23. The predicted octanol–water partition coefficient (Wildman–Crippen LogP) is 4.77. The number of hydrogen-bond donors (Lipinski definition) is 0. The normalized spacial score (nSPS) is 13.0. The van der Waals surface area contributed by atoms with Crippen molar-refractivity contribution in [2.24, 2.45) is 0 Å². The van der Waals surface area contributed by atoms with Crippen LogP contribution < -0.4 is 4.90 Å². The summed E-state index contributed by atoms with van der Waals surface area (Å²) in [4.78, 5) is 11.0. The van der Waals surface area contributed by atoms with Crippen molar-refractivity contribution in [3.05, 3.63) is 65.4 Å². The number of hydrogen-bond acceptors (Lipinski definition) is 4. The smallest absolute Gasteiger partial charge is 0.245 e. The van der Waals surface area contributed by atoms with Gasteiger partial charge in [-0.1, -0.05) is 26.0 Å². The summed E-state index contributed by atoms with van der Waals surface area (Å²) in [6.45, 7) is 7.40.